The summed E-state index contributed by atoms with van der Waals surface area (Å²) in [7, 11) is 0. The molecule has 1 fully saturated rings. The van der Waals surface area contributed by atoms with E-state index in [1.54, 1.807) is 24.5 Å². The Kier molecular flexibility index (Phi) is 5.43. The fraction of sp³-hybridized carbons (Fsp3) is 0.350. The van der Waals surface area contributed by atoms with E-state index in [1.807, 2.05) is 18.2 Å². The summed E-state index contributed by atoms with van der Waals surface area (Å²) in [5.41, 5.74) is 1.46. The minimum absolute atomic E-state index is 0.0271. The molecule has 1 saturated carbocycles. The van der Waals surface area contributed by atoms with Crippen molar-refractivity contribution in [3.8, 4) is 0 Å². The fourth-order valence-electron chi connectivity index (χ4n) is 3.45. The Morgan fingerprint density at radius 3 is 2.36 bits per heavy atom. The Morgan fingerprint density at radius 1 is 1.00 bits per heavy atom. The molecule has 3 rings (SSSR count). The van der Waals surface area contributed by atoms with Gasteiger partial charge in [0.05, 0.1) is 5.54 Å². The van der Waals surface area contributed by atoms with Gasteiger partial charge in [0.1, 0.15) is 0 Å². The molecule has 0 unspecified atom stereocenters. The summed E-state index contributed by atoms with van der Waals surface area (Å²) in [6, 6.07) is 13.5. The Morgan fingerprint density at radius 2 is 1.68 bits per heavy atom. The molecule has 0 atom stereocenters. The normalized spacial score (nSPS) is 15.5. The molecule has 2 aromatic rings. The van der Waals surface area contributed by atoms with Crippen molar-refractivity contribution < 1.29 is 9.59 Å². The van der Waals surface area contributed by atoms with Crippen LogP contribution in [0.15, 0.2) is 54.9 Å². The van der Waals surface area contributed by atoms with Crippen LogP contribution in [0.2, 0.25) is 0 Å². The zero-order valence-corrected chi connectivity index (χ0v) is 14.2. The Bertz CT molecular complexity index is 710. The molecule has 0 bridgehead atoms. The zero-order valence-electron chi connectivity index (χ0n) is 14.2. The second kappa shape index (κ2) is 7.92. The van der Waals surface area contributed by atoms with Gasteiger partial charge in [-0.05, 0) is 30.5 Å². The van der Waals surface area contributed by atoms with E-state index in [2.05, 4.69) is 27.8 Å². The lowest BCUT2D eigenvalue weighted by atomic mass is 9.88. The topological polar surface area (TPSA) is 71.1 Å². The number of benzene rings is 1. The first-order valence-corrected chi connectivity index (χ1v) is 8.74. The smallest absolute Gasteiger partial charge is 0.251 e. The van der Waals surface area contributed by atoms with Gasteiger partial charge in [-0.2, -0.15) is 0 Å². The summed E-state index contributed by atoms with van der Waals surface area (Å²) in [6.07, 6.45) is 7.59. The lowest BCUT2D eigenvalue weighted by molar-refractivity contribution is -0.123. The van der Waals surface area contributed by atoms with Gasteiger partial charge in [-0.15, -0.1) is 0 Å². The van der Waals surface area contributed by atoms with Crippen molar-refractivity contribution in [3.05, 3.63) is 66.0 Å². The van der Waals surface area contributed by atoms with E-state index in [1.165, 1.54) is 5.56 Å². The number of carbonyl (C=O) groups excluding carboxylic acids is 2. The monoisotopic (exact) mass is 337 g/mol. The van der Waals surface area contributed by atoms with Crippen LogP contribution in [0.25, 0.3) is 0 Å². The van der Waals surface area contributed by atoms with Crippen LogP contribution in [0.1, 0.15) is 48.0 Å². The molecule has 1 aromatic carbocycles. The van der Waals surface area contributed by atoms with Gasteiger partial charge in [0.25, 0.3) is 5.91 Å². The molecule has 5 heteroatoms. The quantitative estimate of drug-likeness (QED) is 0.851. The van der Waals surface area contributed by atoms with E-state index in [4.69, 9.17) is 0 Å². The Balaban J connectivity index is 1.54. The summed E-state index contributed by atoms with van der Waals surface area (Å²) in [4.78, 5) is 28.3. The van der Waals surface area contributed by atoms with E-state index < -0.39 is 0 Å². The third kappa shape index (κ3) is 4.24. The molecule has 130 valence electrons. The van der Waals surface area contributed by atoms with Crippen LogP contribution in [0.4, 0.5) is 0 Å². The van der Waals surface area contributed by atoms with Gasteiger partial charge < -0.3 is 10.6 Å². The van der Waals surface area contributed by atoms with Crippen LogP contribution in [0.3, 0.4) is 0 Å². The van der Waals surface area contributed by atoms with E-state index in [0.717, 1.165) is 25.7 Å². The van der Waals surface area contributed by atoms with Gasteiger partial charge in [0, 0.05) is 30.9 Å². The highest BCUT2D eigenvalue weighted by atomic mass is 16.2. The third-order valence-corrected chi connectivity index (χ3v) is 4.74. The predicted molar refractivity (Wildman–Crippen MR) is 95.9 cm³/mol. The number of aromatic nitrogens is 1. The lowest BCUT2D eigenvalue weighted by Crippen LogP contribution is -2.44. The van der Waals surface area contributed by atoms with Crippen molar-refractivity contribution in [2.45, 2.75) is 37.6 Å². The van der Waals surface area contributed by atoms with Crippen molar-refractivity contribution in [3.63, 3.8) is 0 Å². The van der Waals surface area contributed by atoms with Gasteiger partial charge in [0.15, 0.2) is 0 Å². The number of amides is 2. The van der Waals surface area contributed by atoms with Gasteiger partial charge in [-0.3, -0.25) is 14.6 Å². The summed E-state index contributed by atoms with van der Waals surface area (Å²) in [5, 5.41) is 6.00. The number of nitrogens with zero attached hydrogens (tertiary/aromatic N) is 1. The predicted octanol–water partition coefficient (Wildman–Crippen LogP) is 2.79. The SMILES string of the molecule is O=C(CCNC(=O)c1ccncc1)NC1(c2ccccc2)CCCC1. The van der Waals surface area contributed by atoms with Crippen LogP contribution < -0.4 is 10.6 Å². The van der Waals surface area contributed by atoms with Gasteiger partial charge in [0.2, 0.25) is 5.91 Å². The van der Waals surface area contributed by atoms with Crippen LogP contribution in [-0.4, -0.2) is 23.3 Å². The Labute approximate surface area is 147 Å². The first-order valence-electron chi connectivity index (χ1n) is 8.74. The molecule has 0 saturated heterocycles. The average Bonchev–Trinajstić information content (AvgIpc) is 3.12. The highest BCUT2D eigenvalue weighted by molar-refractivity contribution is 5.94. The highest BCUT2D eigenvalue weighted by Crippen LogP contribution is 2.38. The van der Waals surface area contributed by atoms with E-state index in [0.29, 0.717) is 12.1 Å². The second-order valence-corrected chi connectivity index (χ2v) is 6.45. The molecule has 1 aliphatic carbocycles. The lowest BCUT2D eigenvalue weighted by Gasteiger charge is -2.31. The Hall–Kier alpha value is -2.69. The molecule has 2 amide bonds. The van der Waals surface area contributed by atoms with Crippen molar-refractivity contribution in [1.82, 2.24) is 15.6 Å². The number of hydrogen-bond donors (Lipinski definition) is 2. The van der Waals surface area contributed by atoms with Crippen LogP contribution >= 0.6 is 0 Å². The standard InChI is InChI=1S/C20H23N3O2/c24-18(10-15-22-19(25)16-8-13-21-14-9-16)23-20(11-4-5-12-20)17-6-2-1-3-7-17/h1-3,6-9,13-14H,4-5,10-12,15H2,(H,22,25)(H,23,24). The zero-order chi connectivity index (χ0) is 17.5. The van der Waals surface area contributed by atoms with Crippen LogP contribution in [-0.2, 0) is 10.3 Å². The van der Waals surface area contributed by atoms with Gasteiger partial charge in [-0.1, -0.05) is 43.2 Å². The molecule has 25 heavy (non-hydrogen) atoms. The van der Waals surface area contributed by atoms with E-state index in [9.17, 15) is 9.59 Å². The first-order chi connectivity index (χ1) is 12.2. The first kappa shape index (κ1) is 17.1. The largest absolute Gasteiger partial charge is 0.352 e. The minimum atomic E-state index is -0.256. The van der Waals surface area contributed by atoms with Crippen molar-refractivity contribution >= 4 is 11.8 Å². The van der Waals surface area contributed by atoms with Crippen LogP contribution in [0, 0.1) is 0 Å². The maximum Gasteiger partial charge on any atom is 0.251 e. The highest BCUT2D eigenvalue weighted by Gasteiger charge is 2.36. The molecule has 0 aliphatic heterocycles. The van der Waals surface area contributed by atoms with Crippen molar-refractivity contribution in [2.75, 3.05) is 6.54 Å². The molecule has 2 N–H and O–H groups in total. The van der Waals surface area contributed by atoms with Gasteiger partial charge >= 0.3 is 0 Å². The third-order valence-electron chi connectivity index (χ3n) is 4.74. The summed E-state index contributed by atoms with van der Waals surface area (Å²) >= 11 is 0. The molecular weight excluding hydrogens is 314 g/mol. The minimum Gasteiger partial charge on any atom is -0.352 e. The molecule has 0 spiro atoms. The van der Waals surface area contributed by atoms with E-state index >= 15 is 0 Å². The molecule has 1 aromatic heterocycles. The number of hydrogen-bond acceptors (Lipinski definition) is 3. The number of rotatable bonds is 6. The number of nitrogens with one attached hydrogen (secondary N) is 2. The molecule has 0 radical (unpaired) electrons. The molecular formula is C20H23N3O2. The summed E-state index contributed by atoms with van der Waals surface area (Å²) < 4.78 is 0. The fourth-order valence-corrected chi connectivity index (χ4v) is 3.45. The van der Waals surface area contributed by atoms with Crippen LogP contribution in [0.5, 0.6) is 0 Å². The molecule has 5 nitrogen and oxygen atoms in total. The summed E-state index contributed by atoms with van der Waals surface area (Å²) in [6.45, 7) is 0.317. The number of carbonyl (C=O) groups is 2. The van der Waals surface area contributed by atoms with E-state index in [-0.39, 0.29) is 23.8 Å². The second-order valence-electron chi connectivity index (χ2n) is 6.45. The van der Waals surface area contributed by atoms with Crippen molar-refractivity contribution in [2.24, 2.45) is 0 Å². The maximum atomic E-state index is 12.4. The van der Waals surface area contributed by atoms with Gasteiger partial charge in [-0.25, -0.2) is 0 Å². The maximum absolute atomic E-state index is 12.4. The average molecular weight is 337 g/mol. The van der Waals surface area contributed by atoms with Crippen molar-refractivity contribution in [1.29, 1.82) is 0 Å². The molecule has 1 aliphatic rings. The number of pyridine rings is 1. The summed E-state index contributed by atoms with van der Waals surface area (Å²) in [5.74, 6) is -0.213. The molecule has 1 heterocycles.